The van der Waals surface area contributed by atoms with Crippen LogP contribution in [0.25, 0.3) is 0 Å². The molecule has 0 radical (unpaired) electrons. The van der Waals surface area contributed by atoms with Crippen LogP contribution < -0.4 is 11.1 Å². The Morgan fingerprint density at radius 1 is 1.23 bits per heavy atom. The molecule has 0 heterocycles. The predicted molar refractivity (Wildman–Crippen MR) is 62.9 cm³/mol. The van der Waals surface area contributed by atoms with Crippen LogP contribution in [-0.4, -0.2) is 5.11 Å². The summed E-state index contributed by atoms with van der Waals surface area (Å²) in [6.45, 7) is 6.03. The maximum absolute atomic E-state index is 5.28. The molecule has 1 aromatic rings. The van der Waals surface area contributed by atoms with Crippen LogP contribution in [0.4, 0.5) is 5.69 Å². The second-order valence-electron chi connectivity index (χ2n) is 2.36. The van der Waals surface area contributed by atoms with Gasteiger partial charge in [-0.2, -0.15) is 0 Å². The average molecular weight is 196 g/mol. The molecular formula is C10H16N2S. The first-order valence-corrected chi connectivity index (χ1v) is 4.72. The molecule has 13 heavy (non-hydrogen) atoms. The van der Waals surface area contributed by atoms with Gasteiger partial charge in [0.05, 0.1) is 0 Å². The van der Waals surface area contributed by atoms with Crippen LogP contribution in [0.1, 0.15) is 19.4 Å². The minimum absolute atomic E-state index is 0.300. The Morgan fingerprint density at radius 3 is 2.08 bits per heavy atom. The normalized spacial score (nSPS) is 8.23. The van der Waals surface area contributed by atoms with Crippen LogP contribution >= 0.6 is 12.2 Å². The van der Waals surface area contributed by atoms with E-state index in [0.29, 0.717) is 5.11 Å². The summed E-state index contributed by atoms with van der Waals surface area (Å²) in [6, 6.07) is 7.88. The minimum atomic E-state index is 0.300. The van der Waals surface area contributed by atoms with Gasteiger partial charge in [0.2, 0.25) is 0 Å². The lowest BCUT2D eigenvalue weighted by atomic mass is 10.2. The second-order valence-corrected chi connectivity index (χ2v) is 2.80. The molecule has 3 heteroatoms. The largest absolute Gasteiger partial charge is 0.376 e. The molecule has 0 aliphatic heterocycles. The third-order valence-electron chi connectivity index (χ3n) is 1.32. The van der Waals surface area contributed by atoms with E-state index in [-0.39, 0.29) is 0 Å². The number of benzene rings is 1. The fourth-order valence-electron chi connectivity index (χ4n) is 0.779. The summed E-state index contributed by atoms with van der Waals surface area (Å²) in [5, 5.41) is 3.14. The summed E-state index contributed by atoms with van der Waals surface area (Å²) in [6.07, 6.45) is 0. The number of anilines is 1. The van der Waals surface area contributed by atoms with Gasteiger partial charge in [-0.25, -0.2) is 0 Å². The molecule has 0 amide bonds. The Morgan fingerprint density at radius 2 is 1.69 bits per heavy atom. The summed E-state index contributed by atoms with van der Waals surface area (Å²) >= 11 is 4.68. The van der Waals surface area contributed by atoms with Crippen molar-refractivity contribution in [1.82, 2.24) is 0 Å². The molecule has 3 N–H and O–H groups in total. The number of hydrogen-bond donors (Lipinski definition) is 2. The van der Waals surface area contributed by atoms with Gasteiger partial charge in [-0.1, -0.05) is 31.5 Å². The molecule has 2 nitrogen and oxygen atoms in total. The number of thiocarbonyl (C=S) groups is 1. The van der Waals surface area contributed by atoms with Crippen molar-refractivity contribution in [3.63, 3.8) is 0 Å². The highest BCUT2D eigenvalue weighted by molar-refractivity contribution is 7.80. The lowest BCUT2D eigenvalue weighted by molar-refractivity contribution is 1.46. The Labute approximate surface area is 85.1 Å². The number of aryl methyl sites for hydroxylation is 1. The van der Waals surface area contributed by atoms with E-state index in [1.807, 2.05) is 45.0 Å². The van der Waals surface area contributed by atoms with Crippen LogP contribution in [-0.2, 0) is 0 Å². The van der Waals surface area contributed by atoms with E-state index in [1.165, 1.54) is 5.56 Å². The number of rotatable bonds is 1. The van der Waals surface area contributed by atoms with Crippen molar-refractivity contribution in [3.05, 3.63) is 29.8 Å². The molecule has 0 unspecified atom stereocenters. The van der Waals surface area contributed by atoms with Gasteiger partial charge in [-0.05, 0) is 31.3 Å². The summed E-state index contributed by atoms with van der Waals surface area (Å²) < 4.78 is 0. The Kier molecular flexibility index (Phi) is 5.89. The molecule has 0 saturated carbocycles. The molecule has 1 rings (SSSR count). The lowest BCUT2D eigenvalue weighted by Crippen LogP contribution is -2.18. The third kappa shape index (κ3) is 5.20. The molecule has 0 aliphatic rings. The zero-order valence-corrected chi connectivity index (χ0v) is 9.11. The highest BCUT2D eigenvalue weighted by Crippen LogP contribution is 2.07. The molecule has 0 aromatic heterocycles. The maximum Gasteiger partial charge on any atom is 0.168 e. The number of hydrogen-bond acceptors (Lipinski definition) is 1. The van der Waals surface area contributed by atoms with Crippen LogP contribution in [0, 0.1) is 6.92 Å². The van der Waals surface area contributed by atoms with E-state index in [4.69, 9.17) is 5.73 Å². The van der Waals surface area contributed by atoms with E-state index in [2.05, 4.69) is 17.5 Å². The van der Waals surface area contributed by atoms with E-state index in [9.17, 15) is 0 Å². The molecular weight excluding hydrogens is 180 g/mol. The van der Waals surface area contributed by atoms with Gasteiger partial charge in [-0.15, -0.1) is 0 Å². The van der Waals surface area contributed by atoms with Crippen molar-refractivity contribution in [2.24, 2.45) is 5.73 Å². The van der Waals surface area contributed by atoms with E-state index in [1.54, 1.807) is 0 Å². The zero-order chi connectivity index (χ0) is 10.3. The van der Waals surface area contributed by atoms with Crippen molar-refractivity contribution in [2.45, 2.75) is 20.8 Å². The number of nitrogens with one attached hydrogen (secondary N) is 1. The molecule has 0 bridgehead atoms. The summed E-state index contributed by atoms with van der Waals surface area (Å²) in [7, 11) is 0. The van der Waals surface area contributed by atoms with Crippen molar-refractivity contribution in [2.75, 3.05) is 5.32 Å². The van der Waals surface area contributed by atoms with Crippen LogP contribution in [0.3, 0.4) is 0 Å². The highest BCUT2D eigenvalue weighted by atomic mass is 32.1. The van der Waals surface area contributed by atoms with Crippen LogP contribution in [0.5, 0.6) is 0 Å². The van der Waals surface area contributed by atoms with Gasteiger partial charge in [-0.3, -0.25) is 0 Å². The van der Waals surface area contributed by atoms with Crippen molar-refractivity contribution in [3.8, 4) is 0 Å². The molecule has 0 aliphatic carbocycles. The third-order valence-corrected chi connectivity index (χ3v) is 1.42. The molecule has 72 valence electrons. The van der Waals surface area contributed by atoms with Gasteiger partial charge in [0.25, 0.3) is 0 Å². The predicted octanol–water partition coefficient (Wildman–Crippen LogP) is 2.68. The number of nitrogens with two attached hydrogens (primary N) is 1. The first kappa shape index (κ1) is 11.9. The maximum atomic E-state index is 5.28. The molecule has 0 atom stereocenters. The Balaban J connectivity index is 0.000000671. The van der Waals surface area contributed by atoms with Crippen molar-refractivity contribution in [1.29, 1.82) is 0 Å². The smallest absolute Gasteiger partial charge is 0.168 e. The summed E-state index contributed by atoms with van der Waals surface area (Å²) in [5.74, 6) is 0. The topological polar surface area (TPSA) is 38.0 Å². The SMILES string of the molecule is CC.Cc1ccc(NC(N)=S)cc1. The summed E-state index contributed by atoms with van der Waals surface area (Å²) in [5.41, 5.74) is 7.44. The lowest BCUT2D eigenvalue weighted by Gasteiger charge is -2.02. The van der Waals surface area contributed by atoms with Gasteiger partial charge in [0.15, 0.2) is 5.11 Å². The van der Waals surface area contributed by atoms with E-state index >= 15 is 0 Å². The molecule has 0 spiro atoms. The first-order valence-electron chi connectivity index (χ1n) is 4.31. The highest BCUT2D eigenvalue weighted by Gasteiger charge is 1.90. The van der Waals surface area contributed by atoms with Gasteiger partial charge >= 0.3 is 0 Å². The average Bonchev–Trinajstić information content (AvgIpc) is 2.12. The minimum Gasteiger partial charge on any atom is -0.376 e. The quantitative estimate of drug-likeness (QED) is 0.678. The fourth-order valence-corrected chi connectivity index (χ4v) is 0.897. The zero-order valence-electron chi connectivity index (χ0n) is 8.29. The molecule has 0 saturated heterocycles. The first-order chi connectivity index (χ1) is 6.18. The van der Waals surface area contributed by atoms with Gasteiger partial charge in [0, 0.05) is 5.69 Å². The fraction of sp³-hybridized carbons (Fsp3) is 0.300. The second kappa shape index (κ2) is 6.43. The standard InChI is InChI=1S/C8H10N2S.C2H6/c1-6-2-4-7(5-3-6)10-8(9)11;1-2/h2-5H,1H3,(H3,9,10,11);1-2H3. The van der Waals surface area contributed by atoms with Gasteiger partial charge < -0.3 is 11.1 Å². The van der Waals surface area contributed by atoms with E-state index in [0.717, 1.165) is 5.69 Å². The molecule has 1 aromatic carbocycles. The summed E-state index contributed by atoms with van der Waals surface area (Å²) in [4.78, 5) is 0. The molecule has 0 fully saturated rings. The van der Waals surface area contributed by atoms with Crippen molar-refractivity contribution < 1.29 is 0 Å². The monoisotopic (exact) mass is 196 g/mol. The van der Waals surface area contributed by atoms with Gasteiger partial charge in [0.1, 0.15) is 0 Å². The van der Waals surface area contributed by atoms with E-state index < -0.39 is 0 Å². The Bertz CT molecular complexity index is 254. The van der Waals surface area contributed by atoms with Crippen LogP contribution in [0.15, 0.2) is 24.3 Å². The Hall–Kier alpha value is -1.09. The van der Waals surface area contributed by atoms with Crippen LogP contribution in [0.2, 0.25) is 0 Å². The van der Waals surface area contributed by atoms with Crippen molar-refractivity contribution >= 4 is 23.0 Å².